The highest BCUT2D eigenvalue weighted by molar-refractivity contribution is 7.13. The van der Waals surface area contributed by atoms with Crippen LogP contribution in [0.1, 0.15) is 30.1 Å². The molecule has 2 aromatic heterocycles. The number of benzene rings is 1. The van der Waals surface area contributed by atoms with Crippen molar-refractivity contribution in [3.63, 3.8) is 0 Å². The molecular formula is C20H20N2O2S. The van der Waals surface area contributed by atoms with Gasteiger partial charge < -0.3 is 10.1 Å². The van der Waals surface area contributed by atoms with Gasteiger partial charge in [-0.15, -0.1) is 11.3 Å². The number of fused-ring (bicyclic) bond motifs is 1. The zero-order valence-electron chi connectivity index (χ0n) is 14.1. The average Bonchev–Trinajstić information content (AvgIpc) is 3.34. The molecule has 1 aliphatic rings. The molecule has 3 heterocycles. The molecule has 2 atom stereocenters. The van der Waals surface area contributed by atoms with E-state index in [1.807, 2.05) is 54.8 Å². The van der Waals surface area contributed by atoms with Gasteiger partial charge in [-0.25, -0.2) is 4.98 Å². The fourth-order valence-electron chi connectivity index (χ4n) is 3.29. The Morgan fingerprint density at radius 2 is 2.20 bits per heavy atom. The molecule has 0 radical (unpaired) electrons. The number of pyridine rings is 1. The molecule has 1 amide bonds. The second-order valence-corrected chi connectivity index (χ2v) is 7.31. The van der Waals surface area contributed by atoms with Crippen molar-refractivity contribution in [2.45, 2.75) is 31.9 Å². The van der Waals surface area contributed by atoms with E-state index in [-0.39, 0.29) is 18.1 Å². The first-order valence-electron chi connectivity index (χ1n) is 8.58. The first-order valence-corrected chi connectivity index (χ1v) is 9.46. The van der Waals surface area contributed by atoms with Gasteiger partial charge in [-0.3, -0.25) is 4.79 Å². The number of hydrogen-bond donors (Lipinski definition) is 1. The van der Waals surface area contributed by atoms with Crippen LogP contribution in [0.15, 0.2) is 47.8 Å². The molecule has 0 aliphatic carbocycles. The Kier molecular flexibility index (Phi) is 4.51. The number of rotatable bonds is 4. The lowest BCUT2D eigenvalue weighted by atomic mass is 10.0. The smallest absolute Gasteiger partial charge is 0.252 e. The summed E-state index contributed by atoms with van der Waals surface area (Å²) in [6, 6.07) is 13.7. The molecule has 1 aliphatic heterocycles. The summed E-state index contributed by atoms with van der Waals surface area (Å²) in [5.74, 6) is -0.0700. The van der Waals surface area contributed by atoms with Crippen molar-refractivity contribution in [3.05, 3.63) is 53.4 Å². The fraction of sp³-hybridized carbons (Fsp3) is 0.300. The van der Waals surface area contributed by atoms with Gasteiger partial charge in [0, 0.05) is 12.0 Å². The van der Waals surface area contributed by atoms with Crippen LogP contribution in [0.4, 0.5) is 0 Å². The number of carbonyl (C=O) groups is 1. The first kappa shape index (κ1) is 16.2. The summed E-state index contributed by atoms with van der Waals surface area (Å²) in [5, 5.41) is 6.01. The molecule has 0 spiro atoms. The SMILES string of the molecule is C[C@H](NC(=O)c1cc(-c2cccs2)nc2ccccc12)[C@@H]1CCCO1. The van der Waals surface area contributed by atoms with Gasteiger partial charge in [-0.1, -0.05) is 24.3 Å². The molecule has 0 saturated carbocycles. The van der Waals surface area contributed by atoms with E-state index in [1.165, 1.54) is 0 Å². The van der Waals surface area contributed by atoms with E-state index >= 15 is 0 Å². The summed E-state index contributed by atoms with van der Waals surface area (Å²) >= 11 is 1.63. The van der Waals surface area contributed by atoms with Crippen LogP contribution in [0.3, 0.4) is 0 Å². The lowest BCUT2D eigenvalue weighted by Gasteiger charge is -2.20. The summed E-state index contributed by atoms with van der Waals surface area (Å²) in [6.45, 7) is 2.79. The van der Waals surface area contributed by atoms with Gasteiger partial charge >= 0.3 is 0 Å². The molecular weight excluding hydrogens is 332 g/mol. The number of nitrogens with one attached hydrogen (secondary N) is 1. The third-order valence-electron chi connectivity index (χ3n) is 4.62. The topological polar surface area (TPSA) is 51.2 Å². The van der Waals surface area contributed by atoms with Crippen molar-refractivity contribution >= 4 is 28.1 Å². The zero-order valence-corrected chi connectivity index (χ0v) is 14.9. The van der Waals surface area contributed by atoms with Crippen molar-refractivity contribution in [1.82, 2.24) is 10.3 Å². The van der Waals surface area contributed by atoms with Gasteiger partial charge in [0.15, 0.2) is 0 Å². The van der Waals surface area contributed by atoms with E-state index in [1.54, 1.807) is 11.3 Å². The van der Waals surface area contributed by atoms with Gasteiger partial charge in [0.1, 0.15) is 0 Å². The van der Waals surface area contributed by atoms with Crippen molar-refractivity contribution < 1.29 is 9.53 Å². The minimum absolute atomic E-state index is 0.00730. The lowest BCUT2D eigenvalue weighted by molar-refractivity contribution is 0.0713. The Morgan fingerprint density at radius 3 is 2.96 bits per heavy atom. The second-order valence-electron chi connectivity index (χ2n) is 6.36. The molecule has 5 heteroatoms. The van der Waals surface area contributed by atoms with Crippen LogP contribution in [0.5, 0.6) is 0 Å². The van der Waals surface area contributed by atoms with Crippen LogP contribution < -0.4 is 5.32 Å². The van der Waals surface area contributed by atoms with Crippen LogP contribution in [0, 0.1) is 0 Å². The molecule has 0 unspecified atom stereocenters. The number of para-hydroxylation sites is 1. The van der Waals surface area contributed by atoms with E-state index in [2.05, 4.69) is 5.32 Å². The number of carbonyl (C=O) groups excluding carboxylic acids is 1. The highest BCUT2D eigenvalue weighted by atomic mass is 32.1. The fourth-order valence-corrected chi connectivity index (χ4v) is 3.97. The van der Waals surface area contributed by atoms with Crippen LogP contribution >= 0.6 is 11.3 Å². The number of amides is 1. The van der Waals surface area contributed by atoms with Gasteiger partial charge in [0.2, 0.25) is 0 Å². The number of ether oxygens (including phenoxy) is 1. The normalized spacial score (nSPS) is 18.4. The molecule has 3 aromatic rings. The van der Waals surface area contributed by atoms with Crippen LogP contribution in [0.25, 0.3) is 21.5 Å². The van der Waals surface area contributed by atoms with E-state index in [0.717, 1.165) is 40.9 Å². The van der Waals surface area contributed by atoms with E-state index in [9.17, 15) is 4.79 Å². The molecule has 1 aromatic carbocycles. The molecule has 4 nitrogen and oxygen atoms in total. The van der Waals surface area contributed by atoms with Crippen molar-refractivity contribution in [1.29, 1.82) is 0 Å². The lowest BCUT2D eigenvalue weighted by Crippen LogP contribution is -2.40. The minimum atomic E-state index is -0.0700. The van der Waals surface area contributed by atoms with E-state index in [0.29, 0.717) is 5.56 Å². The summed E-state index contributed by atoms with van der Waals surface area (Å²) < 4.78 is 5.70. The van der Waals surface area contributed by atoms with Crippen LogP contribution in [-0.4, -0.2) is 29.6 Å². The Hall–Kier alpha value is -2.24. The van der Waals surface area contributed by atoms with Crippen molar-refractivity contribution in [2.24, 2.45) is 0 Å². The minimum Gasteiger partial charge on any atom is -0.376 e. The third kappa shape index (κ3) is 3.30. The van der Waals surface area contributed by atoms with Gasteiger partial charge in [0.05, 0.1) is 33.8 Å². The molecule has 1 N–H and O–H groups in total. The Bertz CT molecular complexity index is 886. The number of hydrogen-bond acceptors (Lipinski definition) is 4. The van der Waals surface area contributed by atoms with Crippen LogP contribution in [-0.2, 0) is 4.74 Å². The Balaban J connectivity index is 1.70. The van der Waals surface area contributed by atoms with Gasteiger partial charge in [0.25, 0.3) is 5.91 Å². The van der Waals surface area contributed by atoms with Crippen LogP contribution in [0.2, 0.25) is 0 Å². The number of nitrogens with zero attached hydrogens (tertiary/aromatic N) is 1. The molecule has 0 bridgehead atoms. The van der Waals surface area contributed by atoms with E-state index < -0.39 is 0 Å². The third-order valence-corrected chi connectivity index (χ3v) is 5.51. The van der Waals surface area contributed by atoms with Gasteiger partial charge in [-0.05, 0) is 43.3 Å². The predicted molar refractivity (Wildman–Crippen MR) is 101 cm³/mol. The quantitative estimate of drug-likeness (QED) is 0.763. The summed E-state index contributed by atoms with van der Waals surface area (Å²) in [4.78, 5) is 18.7. The predicted octanol–water partition coefficient (Wildman–Crippen LogP) is 4.26. The highest BCUT2D eigenvalue weighted by Crippen LogP contribution is 2.28. The maximum absolute atomic E-state index is 13.0. The second kappa shape index (κ2) is 6.94. The maximum Gasteiger partial charge on any atom is 0.252 e. The average molecular weight is 352 g/mol. The van der Waals surface area contributed by atoms with Crippen molar-refractivity contribution in [3.8, 4) is 10.6 Å². The van der Waals surface area contributed by atoms with E-state index in [4.69, 9.17) is 9.72 Å². The number of thiophene rings is 1. The Morgan fingerprint density at radius 1 is 1.32 bits per heavy atom. The number of aromatic nitrogens is 1. The molecule has 25 heavy (non-hydrogen) atoms. The molecule has 1 saturated heterocycles. The maximum atomic E-state index is 13.0. The largest absolute Gasteiger partial charge is 0.376 e. The monoisotopic (exact) mass is 352 g/mol. The Labute approximate surface area is 150 Å². The summed E-state index contributed by atoms with van der Waals surface area (Å²) in [5.41, 5.74) is 2.34. The molecule has 128 valence electrons. The van der Waals surface area contributed by atoms with Crippen molar-refractivity contribution in [2.75, 3.05) is 6.61 Å². The highest BCUT2D eigenvalue weighted by Gasteiger charge is 2.25. The summed E-state index contributed by atoms with van der Waals surface area (Å²) in [7, 11) is 0. The van der Waals surface area contributed by atoms with Gasteiger partial charge in [-0.2, -0.15) is 0 Å². The summed E-state index contributed by atoms with van der Waals surface area (Å²) in [6.07, 6.45) is 2.17. The zero-order chi connectivity index (χ0) is 17.2. The first-order chi connectivity index (χ1) is 12.2. The molecule has 4 rings (SSSR count). The standard InChI is InChI=1S/C20H20N2O2S/c1-13(18-8-4-10-24-18)21-20(23)15-12-17(19-9-5-11-25-19)22-16-7-3-2-6-14(15)16/h2-3,5-7,9,11-13,18H,4,8,10H2,1H3,(H,21,23)/t13-,18-/m0/s1. The molecule has 1 fully saturated rings.